The van der Waals surface area contributed by atoms with Gasteiger partial charge >= 0.3 is 6.55 Å². The average Bonchev–Trinajstić information content (AvgIpc) is 3.33. The molecule has 0 aliphatic heterocycles. The second-order valence-corrected chi connectivity index (χ2v) is 5.63. The quantitative estimate of drug-likeness (QED) is 0.663. The molecule has 0 fully saturated rings. The molecule has 0 unspecified atom stereocenters. The van der Waals surface area contributed by atoms with Crippen LogP contribution in [0.2, 0.25) is 0 Å². The Balaban J connectivity index is 1.74. The van der Waals surface area contributed by atoms with E-state index >= 15 is 0 Å². The van der Waals surface area contributed by atoms with Gasteiger partial charge in [0.05, 0.1) is 18.1 Å². The number of carbonyl (C=O) groups is 2. The summed E-state index contributed by atoms with van der Waals surface area (Å²) in [6.45, 7) is -2.74. The number of halogens is 2. The fourth-order valence-corrected chi connectivity index (χ4v) is 2.46. The molecule has 12 heteroatoms. The number of nitrogens with one attached hydrogen (secondary N) is 2. The molecule has 2 amide bonds. The lowest BCUT2D eigenvalue weighted by atomic mass is 10.3. The molecule has 0 aliphatic carbocycles. The standard InChI is InChI=1S/C15H16F2N8O2/c1-23-8-9(6-20-23)5-18-14(27)12-10(7-21-24(12)2)22-13(26)11-3-4-19-25(11)15(16)17/h3-4,6-8,15H,5H2,1-2H3,(H,18,27)(H,22,26). The van der Waals surface area contributed by atoms with Crippen molar-refractivity contribution in [3.8, 4) is 0 Å². The van der Waals surface area contributed by atoms with Gasteiger partial charge in [-0.2, -0.15) is 28.8 Å². The molecule has 0 saturated carbocycles. The lowest BCUT2D eigenvalue weighted by molar-refractivity contribution is 0.0520. The number of carbonyl (C=O) groups excluding carboxylic acids is 2. The molecule has 3 heterocycles. The fraction of sp³-hybridized carbons (Fsp3) is 0.267. The molecular weight excluding hydrogens is 362 g/mol. The normalized spacial score (nSPS) is 11.0. The first-order chi connectivity index (χ1) is 12.9. The fourth-order valence-electron chi connectivity index (χ4n) is 2.46. The van der Waals surface area contributed by atoms with E-state index in [2.05, 4.69) is 25.9 Å². The third-order valence-corrected chi connectivity index (χ3v) is 3.70. The molecule has 0 aromatic carbocycles. The molecule has 0 atom stereocenters. The van der Waals surface area contributed by atoms with Crippen molar-refractivity contribution < 1.29 is 18.4 Å². The molecule has 0 radical (unpaired) electrons. The van der Waals surface area contributed by atoms with Crippen LogP contribution in [0, 0.1) is 0 Å². The van der Waals surface area contributed by atoms with Crippen LogP contribution in [0.1, 0.15) is 33.1 Å². The Morgan fingerprint density at radius 1 is 1.15 bits per heavy atom. The van der Waals surface area contributed by atoms with Gasteiger partial charge < -0.3 is 10.6 Å². The monoisotopic (exact) mass is 378 g/mol. The van der Waals surface area contributed by atoms with Crippen LogP contribution in [0.15, 0.2) is 30.9 Å². The van der Waals surface area contributed by atoms with E-state index in [-0.39, 0.29) is 28.3 Å². The molecule has 2 N–H and O–H groups in total. The smallest absolute Gasteiger partial charge is 0.333 e. The maximum absolute atomic E-state index is 12.9. The van der Waals surface area contributed by atoms with E-state index in [1.165, 1.54) is 17.9 Å². The van der Waals surface area contributed by atoms with Crippen molar-refractivity contribution >= 4 is 17.5 Å². The third-order valence-electron chi connectivity index (χ3n) is 3.70. The largest absolute Gasteiger partial charge is 0.346 e. The molecule has 0 bridgehead atoms. The van der Waals surface area contributed by atoms with Crippen LogP contribution in [-0.4, -0.2) is 41.2 Å². The highest BCUT2D eigenvalue weighted by Gasteiger charge is 2.22. The Morgan fingerprint density at radius 2 is 1.93 bits per heavy atom. The second kappa shape index (κ2) is 7.35. The SMILES string of the molecule is Cn1cc(CNC(=O)c2c(NC(=O)c3ccnn3C(F)F)cnn2C)cn1. The summed E-state index contributed by atoms with van der Waals surface area (Å²) in [5.41, 5.74) is 0.624. The molecule has 3 aromatic heterocycles. The van der Waals surface area contributed by atoms with Crippen molar-refractivity contribution in [2.24, 2.45) is 14.1 Å². The lowest BCUT2D eigenvalue weighted by Crippen LogP contribution is -2.27. The van der Waals surface area contributed by atoms with Crippen molar-refractivity contribution in [2.75, 3.05) is 5.32 Å². The van der Waals surface area contributed by atoms with E-state index < -0.39 is 18.4 Å². The Bertz CT molecular complexity index is 974. The number of rotatable bonds is 6. The number of amides is 2. The van der Waals surface area contributed by atoms with Gasteiger partial charge in [-0.1, -0.05) is 0 Å². The first-order valence-electron chi connectivity index (χ1n) is 7.77. The summed E-state index contributed by atoms with van der Waals surface area (Å²) in [6.07, 6.45) is 5.71. The van der Waals surface area contributed by atoms with Gasteiger partial charge in [0.1, 0.15) is 11.4 Å². The van der Waals surface area contributed by atoms with E-state index in [1.54, 1.807) is 24.1 Å². The summed E-state index contributed by atoms with van der Waals surface area (Å²) in [6, 6.07) is 1.15. The topological polar surface area (TPSA) is 112 Å². The summed E-state index contributed by atoms with van der Waals surface area (Å²) in [7, 11) is 3.28. The molecule has 0 aliphatic rings. The van der Waals surface area contributed by atoms with Crippen LogP contribution >= 0.6 is 0 Å². The number of aryl methyl sites for hydroxylation is 2. The Morgan fingerprint density at radius 3 is 2.59 bits per heavy atom. The predicted molar refractivity (Wildman–Crippen MR) is 89.0 cm³/mol. The number of alkyl halides is 2. The first-order valence-corrected chi connectivity index (χ1v) is 7.77. The van der Waals surface area contributed by atoms with Gasteiger partial charge in [0, 0.05) is 38.6 Å². The molecule has 142 valence electrons. The highest BCUT2D eigenvalue weighted by Crippen LogP contribution is 2.18. The summed E-state index contributed by atoms with van der Waals surface area (Å²) in [5, 5.41) is 16.5. The molecule has 10 nitrogen and oxygen atoms in total. The van der Waals surface area contributed by atoms with Crippen molar-refractivity contribution in [1.82, 2.24) is 34.7 Å². The van der Waals surface area contributed by atoms with Gasteiger partial charge in [-0.15, -0.1) is 0 Å². The summed E-state index contributed by atoms with van der Waals surface area (Å²) >= 11 is 0. The summed E-state index contributed by atoms with van der Waals surface area (Å²) < 4.78 is 28.9. The van der Waals surface area contributed by atoms with Crippen LogP contribution in [0.3, 0.4) is 0 Å². The highest BCUT2D eigenvalue weighted by molar-refractivity contribution is 6.07. The van der Waals surface area contributed by atoms with Crippen LogP contribution < -0.4 is 10.6 Å². The van der Waals surface area contributed by atoms with Gasteiger partial charge in [-0.05, 0) is 6.07 Å². The van der Waals surface area contributed by atoms with Gasteiger partial charge in [0.25, 0.3) is 11.8 Å². The van der Waals surface area contributed by atoms with Gasteiger partial charge in [-0.25, -0.2) is 0 Å². The van der Waals surface area contributed by atoms with Crippen LogP contribution in [0.5, 0.6) is 0 Å². The van der Waals surface area contributed by atoms with Gasteiger partial charge in [-0.3, -0.25) is 19.0 Å². The molecule has 3 aromatic rings. The number of nitrogens with zero attached hydrogens (tertiary/aromatic N) is 6. The maximum atomic E-state index is 12.9. The Labute approximate surface area is 151 Å². The van der Waals surface area contributed by atoms with Crippen LogP contribution in [0.4, 0.5) is 14.5 Å². The number of anilines is 1. The zero-order valence-corrected chi connectivity index (χ0v) is 14.4. The van der Waals surface area contributed by atoms with E-state index in [0.29, 0.717) is 0 Å². The minimum absolute atomic E-state index is 0.0790. The summed E-state index contributed by atoms with van der Waals surface area (Å²) in [5.74, 6) is -1.32. The Kier molecular flexibility index (Phi) is 4.96. The third kappa shape index (κ3) is 3.83. The second-order valence-electron chi connectivity index (χ2n) is 5.63. The van der Waals surface area contributed by atoms with Crippen molar-refractivity contribution in [3.05, 3.63) is 47.8 Å². The Hall–Kier alpha value is -3.57. The molecular formula is C15H16F2N8O2. The van der Waals surface area contributed by atoms with Crippen LogP contribution in [0.25, 0.3) is 0 Å². The minimum Gasteiger partial charge on any atom is -0.346 e. The predicted octanol–water partition coefficient (Wildman–Crippen LogP) is 0.927. The minimum atomic E-state index is -2.96. The lowest BCUT2D eigenvalue weighted by Gasteiger charge is -2.09. The van der Waals surface area contributed by atoms with Gasteiger partial charge in [0.15, 0.2) is 0 Å². The van der Waals surface area contributed by atoms with E-state index in [4.69, 9.17) is 0 Å². The van der Waals surface area contributed by atoms with Crippen molar-refractivity contribution in [1.29, 1.82) is 0 Å². The first kappa shape index (κ1) is 18.2. The average molecular weight is 378 g/mol. The zero-order valence-electron chi connectivity index (χ0n) is 14.4. The molecule has 0 saturated heterocycles. The van der Waals surface area contributed by atoms with Gasteiger partial charge in [0.2, 0.25) is 0 Å². The molecule has 3 rings (SSSR count). The van der Waals surface area contributed by atoms with Crippen molar-refractivity contribution in [3.63, 3.8) is 0 Å². The zero-order chi connectivity index (χ0) is 19.6. The van der Waals surface area contributed by atoms with E-state index in [9.17, 15) is 18.4 Å². The van der Waals surface area contributed by atoms with Crippen LogP contribution in [-0.2, 0) is 20.6 Å². The van der Waals surface area contributed by atoms with Crippen molar-refractivity contribution in [2.45, 2.75) is 13.1 Å². The number of hydrogen-bond acceptors (Lipinski definition) is 5. The van der Waals surface area contributed by atoms with E-state index in [1.807, 2.05) is 0 Å². The maximum Gasteiger partial charge on any atom is 0.333 e. The molecule has 27 heavy (non-hydrogen) atoms. The molecule has 0 spiro atoms. The summed E-state index contributed by atoms with van der Waals surface area (Å²) in [4.78, 5) is 24.8. The number of aromatic nitrogens is 6. The number of hydrogen-bond donors (Lipinski definition) is 2. The highest BCUT2D eigenvalue weighted by atomic mass is 19.3. The van der Waals surface area contributed by atoms with E-state index in [0.717, 1.165) is 17.8 Å².